The van der Waals surface area contributed by atoms with Crippen LogP contribution < -0.4 is 10.2 Å². The summed E-state index contributed by atoms with van der Waals surface area (Å²) in [7, 11) is 1.98. The minimum atomic E-state index is 0.654. The molecular weight excluding hydrogens is 384 g/mol. The number of nitrogens with zero attached hydrogens (tertiary/aromatic N) is 4. The van der Waals surface area contributed by atoms with Crippen LogP contribution >= 0.6 is 11.6 Å². The molecule has 0 saturated carbocycles. The Morgan fingerprint density at radius 3 is 2.66 bits per heavy atom. The summed E-state index contributed by atoms with van der Waals surface area (Å²) in [6.07, 6.45) is 1.51. The first kappa shape index (κ1) is 17.5. The largest absolute Gasteiger partial charge is 0.339 e. The van der Waals surface area contributed by atoms with Gasteiger partial charge in [0.2, 0.25) is 0 Å². The van der Waals surface area contributed by atoms with Crippen LogP contribution in [-0.4, -0.2) is 27.2 Å². The molecule has 0 atom stereocenters. The van der Waals surface area contributed by atoms with Gasteiger partial charge in [-0.05, 0) is 41.1 Å². The van der Waals surface area contributed by atoms with Crippen molar-refractivity contribution in [1.29, 1.82) is 0 Å². The van der Waals surface area contributed by atoms with Crippen molar-refractivity contribution in [3.05, 3.63) is 78.1 Å². The first-order valence-electron chi connectivity index (χ1n) is 9.13. The molecule has 0 bridgehead atoms. The Kier molecular flexibility index (Phi) is 4.26. The summed E-state index contributed by atoms with van der Waals surface area (Å²) in [5, 5.41) is 14.7. The Morgan fingerprint density at radius 1 is 0.931 bits per heavy atom. The van der Waals surface area contributed by atoms with E-state index in [1.807, 2.05) is 48.3 Å². The number of anilines is 4. The highest BCUT2D eigenvalue weighted by Gasteiger charge is 2.18. The van der Waals surface area contributed by atoms with E-state index < -0.39 is 0 Å². The number of aromatic amines is 1. The molecule has 2 aromatic heterocycles. The van der Waals surface area contributed by atoms with E-state index >= 15 is 0 Å². The van der Waals surface area contributed by atoms with E-state index in [2.05, 4.69) is 55.8 Å². The number of benzene rings is 3. The SMILES string of the molecule is CN(c1ccc2ccccc2c1)c1n[nH]c2ncnc(Nc3cccc(Cl)c3)c12. The van der Waals surface area contributed by atoms with Crippen molar-refractivity contribution >= 4 is 56.4 Å². The van der Waals surface area contributed by atoms with Crippen LogP contribution in [0.1, 0.15) is 0 Å². The molecule has 6 nitrogen and oxygen atoms in total. The van der Waals surface area contributed by atoms with Crippen molar-refractivity contribution < 1.29 is 0 Å². The van der Waals surface area contributed by atoms with E-state index in [9.17, 15) is 0 Å². The van der Waals surface area contributed by atoms with Crippen molar-refractivity contribution in [3.8, 4) is 0 Å². The second kappa shape index (κ2) is 7.07. The van der Waals surface area contributed by atoms with Crippen molar-refractivity contribution in [1.82, 2.24) is 20.2 Å². The fourth-order valence-electron chi connectivity index (χ4n) is 3.39. The Hall–Kier alpha value is -3.64. The van der Waals surface area contributed by atoms with Gasteiger partial charge >= 0.3 is 0 Å². The lowest BCUT2D eigenvalue weighted by Crippen LogP contribution is -2.10. The molecule has 0 fully saturated rings. The monoisotopic (exact) mass is 400 g/mol. The molecule has 0 spiro atoms. The van der Waals surface area contributed by atoms with Gasteiger partial charge in [-0.3, -0.25) is 5.10 Å². The first-order valence-corrected chi connectivity index (χ1v) is 9.51. The summed E-state index contributed by atoms with van der Waals surface area (Å²) in [5.41, 5.74) is 2.53. The molecule has 0 aliphatic rings. The fourth-order valence-corrected chi connectivity index (χ4v) is 3.58. The molecule has 142 valence electrons. The van der Waals surface area contributed by atoms with Gasteiger partial charge in [-0.15, -0.1) is 0 Å². The molecule has 2 N–H and O–H groups in total. The van der Waals surface area contributed by atoms with Gasteiger partial charge in [0.1, 0.15) is 17.5 Å². The van der Waals surface area contributed by atoms with E-state index in [1.54, 1.807) is 0 Å². The molecule has 0 saturated heterocycles. The van der Waals surface area contributed by atoms with Gasteiger partial charge in [-0.1, -0.05) is 48.0 Å². The molecule has 3 aromatic carbocycles. The normalized spacial score (nSPS) is 11.1. The average molecular weight is 401 g/mol. The van der Waals surface area contributed by atoms with Gasteiger partial charge < -0.3 is 10.2 Å². The molecule has 0 aliphatic carbocycles. The van der Waals surface area contributed by atoms with Crippen LogP contribution in [0, 0.1) is 0 Å². The van der Waals surface area contributed by atoms with Crippen molar-refractivity contribution in [2.45, 2.75) is 0 Å². The van der Waals surface area contributed by atoms with E-state index in [4.69, 9.17) is 11.6 Å². The minimum Gasteiger partial charge on any atom is -0.339 e. The molecular formula is C22H17ClN6. The van der Waals surface area contributed by atoms with Gasteiger partial charge in [-0.25, -0.2) is 9.97 Å². The van der Waals surface area contributed by atoms with Crippen LogP contribution in [0.15, 0.2) is 73.1 Å². The Balaban J connectivity index is 1.59. The molecule has 0 unspecified atom stereocenters. The van der Waals surface area contributed by atoms with E-state index in [-0.39, 0.29) is 0 Å². The van der Waals surface area contributed by atoms with Gasteiger partial charge in [0.25, 0.3) is 0 Å². The van der Waals surface area contributed by atoms with Crippen molar-refractivity contribution in [2.24, 2.45) is 0 Å². The quantitative estimate of drug-likeness (QED) is 0.406. The van der Waals surface area contributed by atoms with Gasteiger partial charge in [0, 0.05) is 23.4 Å². The molecule has 5 aromatic rings. The molecule has 29 heavy (non-hydrogen) atoms. The van der Waals surface area contributed by atoms with Crippen LogP contribution in [-0.2, 0) is 0 Å². The average Bonchev–Trinajstić information content (AvgIpc) is 3.18. The van der Waals surface area contributed by atoms with Gasteiger partial charge in [0.05, 0.1) is 0 Å². The first-order chi connectivity index (χ1) is 14.2. The van der Waals surface area contributed by atoms with Crippen LogP contribution in [0.5, 0.6) is 0 Å². The highest BCUT2D eigenvalue weighted by molar-refractivity contribution is 6.30. The predicted octanol–water partition coefficient (Wildman–Crippen LogP) is 5.67. The summed E-state index contributed by atoms with van der Waals surface area (Å²) in [6, 6.07) is 22.1. The zero-order chi connectivity index (χ0) is 19.8. The fraction of sp³-hybridized carbons (Fsp3) is 0.0455. The second-order valence-corrected chi connectivity index (χ2v) is 7.16. The number of aromatic nitrogens is 4. The van der Waals surface area contributed by atoms with Crippen LogP contribution in [0.2, 0.25) is 5.02 Å². The summed E-state index contributed by atoms with van der Waals surface area (Å²) < 4.78 is 0. The number of fused-ring (bicyclic) bond motifs is 2. The maximum absolute atomic E-state index is 6.12. The van der Waals surface area contributed by atoms with Gasteiger partial charge in [0.15, 0.2) is 11.5 Å². The molecule has 0 aliphatic heterocycles. The summed E-state index contributed by atoms with van der Waals surface area (Å²) in [5.74, 6) is 1.40. The second-order valence-electron chi connectivity index (χ2n) is 6.72. The Morgan fingerprint density at radius 2 is 1.79 bits per heavy atom. The third-order valence-electron chi connectivity index (χ3n) is 4.86. The smallest absolute Gasteiger partial charge is 0.167 e. The third-order valence-corrected chi connectivity index (χ3v) is 5.10. The number of nitrogens with one attached hydrogen (secondary N) is 2. The number of rotatable bonds is 4. The molecule has 7 heteroatoms. The maximum Gasteiger partial charge on any atom is 0.167 e. The van der Waals surface area contributed by atoms with Gasteiger partial charge in [-0.2, -0.15) is 5.10 Å². The maximum atomic E-state index is 6.12. The lowest BCUT2D eigenvalue weighted by atomic mass is 10.1. The highest BCUT2D eigenvalue weighted by Crippen LogP contribution is 2.34. The molecule has 2 heterocycles. The zero-order valence-electron chi connectivity index (χ0n) is 15.6. The van der Waals surface area contributed by atoms with Crippen molar-refractivity contribution in [3.63, 3.8) is 0 Å². The van der Waals surface area contributed by atoms with Crippen molar-refractivity contribution in [2.75, 3.05) is 17.3 Å². The third kappa shape index (κ3) is 3.23. The standard InChI is InChI=1S/C22H17ClN6/c1-29(18-10-9-14-5-2-3-6-15(14)11-18)22-19-20(24-13-25-21(19)27-28-22)26-17-8-4-7-16(23)12-17/h2-13H,1H3,(H2,24,25,26,27,28). The van der Waals surface area contributed by atoms with Crippen LogP contribution in [0.4, 0.5) is 23.0 Å². The predicted molar refractivity (Wildman–Crippen MR) is 118 cm³/mol. The Labute approximate surface area is 172 Å². The summed E-state index contributed by atoms with van der Waals surface area (Å²) in [6.45, 7) is 0. The molecule has 5 rings (SSSR count). The van der Waals surface area contributed by atoms with E-state index in [0.29, 0.717) is 16.5 Å². The Bertz CT molecular complexity index is 1330. The molecule has 0 amide bonds. The number of hydrogen-bond acceptors (Lipinski definition) is 5. The lowest BCUT2D eigenvalue weighted by molar-refractivity contribution is 1.05. The minimum absolute atomic E-state index is 0.654. The summed E-state index contributed by atoms with van der Waals surface area (Å²) in [4.78, 5) is 10.8. The zero-order valence-corrected chi connectivity index (χ0v) is 16.4. The highest BCUT2D eigenvalue weighted by atomic mass is 35.5. The van der Waals surface area contributed by atoms with Crippen LogP contribution in [0.25, 0.3) is 21.8 Å². The lowest BCUT2D eigenvalue weighted by Gasteiger charge is -2.18. The summed E-state index contributed by atoms with van der Waals surface area (Å²) >= 11 is 6.12. The topological polar surface area (TPSA) is 69.7 Å². The number of H-pyrrole nitrogens is 1. The van der Waals surface area contributed by atoms with E-state index in [0.717, 1.165) is 22.6 Å². The van der Waals surface area contributed by atoms with E-state index in [1.165, 1.54) is 17.1 Å². The number of hydrogen-bond donors (Lipinski definition) is 2. The van der Waals surface area contributed by atoms with Crippen LogP contribution in [0.3, 0.4) is 0 Å². The molecule has 0 radical (unpaired) electrons. The number of halogens is 1.